The molecule has 1 unspecified atom stereocenters. The fourth-order valence-corrected chi connectivity index (χ4v) is 2.09. The van der Waals surface area contributed by atoms with Crippen molar-refractivity contribution in [2.75, 3.05) is 6.61 Å². The Kier molecular flexibility index (Phi) is 4.37. The number of phenols is 1. The first kappa shape index (κ1) is 14.5. The van der Waals surface area contributed by atoms with Crippen LogP contribution in [0.15, 0.2) is 48.5 Å². The Morgan fingerprint density at radius 2 is 1.85 bits per heavy atom. The molecule has 0 saturated heterocycles. The van der Waals surface area contributed by atoms with E-state index in [4.69, 9.17) is 0 Å². The molecule has 0 aliphatic heterocycles. The van der Waals surface area contributed by atoms with Gasteiger partial charge in [0.2, 0.25) is 0 Å². The number of nitrogens with one attached hydrogen (secondary N) is 1. The fourth-order valence-electron chi connectivity index (χ4n) is 2.09. The molecule has 0 aliphatic rings. The summed E-state index contributed by atoms with van der Waals surface area (Å²) in [5, 5.41) is 22.2. The SMILES string of the molecule is CC(CO)(NCc1cc(O)cc(F)c1)c1ccccc1. The van der Waals surface area contributed by atoms with Gasteiger partial charge in [-0.15, -0.1) is 0 Å². The van der Waals surface area contributed by atoms with Gasteiger partial charge in [0, 0.05) is 12.6 Å². The second-order valence-electron chi connectivity index (χ2n) is 5.03. The van der Waals surface area contributed by atoms with Crippen LogP contribution in [0.3, 0.4) is 0 Å². The molecule has 1 atom stereocenters. The fraction of sp³-hybridized carbons (Fsp3) is 0.250. The van der Waals surface area contributed by atoms with Gasteiger partial charge in [-0.1, -0.05) is 30.3 Å². The predicted octanol–water partition coefficient (Wildman–Crippen LogP) is 2.53. The molecule has 2 rings (SSSR count). The molecule has 0 spiro atoms. The third kappa shape index (κ3) is 3.35. The largest absolute Gasteiger partial charge is 0.508 e. The predicted molar refractivity (Wildman–Crippen MR) is 75.8 cm³/mol. The molecule has 3 nitrogen and oxygen atoms in total. The average Bonchev–Trinajstić information content (AvgIpc) is 2.45. The van der Waals surface area contributed by atoms with Crippen LogP contribution in [0.5, 0.6) is 5.75 Å². The maximum atomic E-state index is 13.2. The second kappa shape index (κ2) is 6.03. The van der Waals surface area contributed by atoms with Crippen molar-refractivity contribution in [3.63, 3.8) is 0 Å². The normalized spacial score (nSPS) is 13.9. The van der Waals surface area contributed by atoms with E-state index in [2.05, 4.69) is 5.32 Å². The van der Waals surface area contributed by atoms with Crippen LogP contribution in [-0.2, 0) is 12.1 Å². The van der Waals surface area contributed by atoms with E-state index in [1.807, 2.05) is 37.3 Å². The maximum absolute atomic E-state index is 13.2. The number of aliphatic hydroxyl groups excluding tert-OH is 1. The van der Waals surface area contributed by atoms with Gasteiger partial charge in [0.15, 0.2) is 0 Å². The zero-order valence-electron chi connectivity index (χ0n) is 11.3. The first-order valence-electron chi connectivity index (χ1n) is 6.43. The quantitative estimate of drug-likeness (QED) is 0.786. The first-order valence-corrected chi connectivity index (χ1v) is 6.43. The van der Waals surface area contributed by atoms with Crippen molar-refractivity contribution < 1.29 is 14.6 Å². The number of hydrogen-bond donors (Lipinski definition) is 3. The lowest BCUT2D eigenvalue weighted by atomic mass is 9.92. The third-order valence-electron chi connectivity index (χ3n) is 3.35. The van der Waals surface area contributed by atoms with Crippen LogP contribution < -0.4 is 5.32 Å². The number of aliphatic hydroxyl groups is 1. The standard InChI is InChI=1S/C16H18FNO2/c1-16(11-19,13-5-3-2-4-6-13)18-10-12-7-14(17)9-15(20)8-12/h2-9,18-20H,10-11H2,1H3. The Morgan fingerprint density at radius 1 is 1.15 bits per heavy atom. The summed E-state index contributed by atoms with van der Waals surface area (Å²) in [5.41, 5.74) is 0.949. The Morgan fingerprint density at radius 3 is 2.45 bits per heavy atom. The first-order chi connectivity index (χ1) is 9.53. The van der Waals surface area contributed by atoms with Crippen LogP contribution in [-0.4, -0.2) is 16.8 Å². The van der Waals surface area contributed by atoms with E-state index in [0.29, 0.717) is 12.1 Å². The minimum Gasteiger partial charge on any atom is -0.508 e. The Labute approximate surface area is 117 Å². The molecular weight excluding hydrogens is 257 g/mol. The van der Waals surface area contributed by atoms with Gasteiger partial charge >= 0.3 is 0 Å². The van der Waals surface area contributed by atoms with E-state index in [0.717, 1.165) is 11.6 Å². The number of hydrogen-bond acceptors (Lipinski definition) is 3. The number of rotatable bonds is 5. The highest BCUT2D eigenvalue weighted by atomic mass is 19.1. The van der Waals surface area contributed by atoms with E-state index in [1.54, 1.807) is 0 Å². The summed E-state index contributed by atoms with van der Waals surface area (Å²) in [6.07, 6.45) is 0. The van der Waals surface area contributed by atoms with E-state index >= 15 is 0 Å². The van der Waals surface area contributed by atoms with Gasteiger partial charge < -0.3 is 15.5 Å². The van der Waals surface area contributed by atoms with Crippen LogP contribution in [0.1, 0.15) is 18.1 Å². The minimum absolute atomic E-state index is 0.0850. The van der Waals surface area contributed by atoms with Crippen LogP contribution in [0.2, 0.25) is 0 Å². The lowest BCUT2D eigenvalue weighted by Crippen LogP contribution is -2.42. The molecule has 2 aromatic rings. The number of phenolic OH excluding ortho intramolecular Hbond substituents is 1. The lowest BCUT2D eigenvalue weighted by molar-refractivity contribution is 0.173. The van der Waals surface area contributed by atoms with Crippen LogP contribution >= 0.6 is 0 Å². The van der Waals surface area contributed by atoms with Crippen molar-refractivity contribution in [3.05, 3.63) is 65.5 Å². The van der Waals surface area contributed by atoms with Crippen LogP contribution in [0.25, 0.3) is 0 Å². The monoisotopic (exact) mass is 275 g/mol. The highest BCUT2D eigenvalue weighted by molar-refractivity contribution is 5.29. The summed E-state index contributed by atoms with van der Waals surface area (Å²) in [7, 11) is 0. The summed E-state index contributed by atoms with van der Waals surface area (Å²) >= 11 is 0. The molecule has 0 aromatic heterocycles. The molecule has 0 fully saturated rings. The molecule has 0 aliphatic carbocycles. The van der Waals surface area contributed by atoms with Crippen molar-refractivity contribution in [1.82, 2.24) is 5.32 Å². The summed E-state index contributed by atoms with van der Waals surface area (Å²) in [5.74, 6) is -0.584. The summed E-state index contributed by atoms with van der Waals surface area (Å²) in [6, 6.07) is 13.5. The van der Waals surface area contributed by atoms with Crippen LogP contribution in [0, 0.1) is 5.82 Å². The third-order valence-corrected chi connectivity index (χ3v) is 3.35. The Hall–Kier alpha value is -1.91. The molecule has 0 saturated carbocycles. The second-order valence-corrected chi connectivity index (χ2v) is 5.03. The summed E-state index contributed by atoms with van der Waals surface area (Å²) in [6.45, 7) is 2.14. The Balaban J connectivity index is 2.15. The molecule has 2 aromatic carbocycles. The van der Waals surface area contributed by atoms with Gasteiger partial charge in [-0.25, -0.2) is 4.39 Å². The average molecular weight is 275 g/mol. The highest BCUT2D eigenvalue weighted by Gasteiger charge is 2.24. The van der Waals surface area contributed by atoms with Gasteiger partial charge in [0.25, 0.3) is 0 Å². The van der Waals surface area contributed by atoms with Crippen molar-refractivity contribution in [3.8, 4) is 5.75 Å². The van der Waals surface area contributed by atoms with Crippen molar-refractivity contribution in [2.24, 2.45) is 0 Å². The molecule has 0 heterocycles. The minimum atomic E-state index is -0.622. The number of aromatic hydroxyl groups is 1. The lowest BCUT2D eigenvalue weighted by Gasteiger charge is -2.29. The van der Waals surface area contributed by atoms with Crippen molar-refractivity contribution in [2.45, 2.75) is 19.0 Å². The van der Waals surface area contributed by atoms with Crippen molar-refractivity contribution in [1.29, 1.82) is 0 Å². The van der Waals surface area contributed by atoms with E-state index in [1.165, 1.54) is 12.1 Å². The number of benzene rings is 2. The smallest absolute Gasteiger partial charge is 0.127 e. The van der Waals surface area contributed by atoms with E-state index in [9.17, 15) is 14.6 Å². The molecular formula is C16H18FNO2. The molecule has 0 radical (unpaired) electrons. The topological polar surface area (TPSA) is 52.5 Å². The van der Waals surface area contributed by atoms with E-state index in [-0.39, 0.29) is 12.4 Å². The molecule has 0 bridgehead atoms. The highest BCUT2D eigenvalue weighted by Crippen LogP contribution is 2.21. The molecule has 106 valence electrons. The Bertz CT molecular complexity index is 554. The molecule has 20 heavy (non-hydrogen) atoms. The number of halogens is 1. The van der Waals surface area contributed by atoms with Crippen LogP contribution in [0.4, 0.5) is 4.39 Å². The summed E-state index contributed by atoms with van der Waals surface area (Å²) in [4.78, 5) is 0. The van der Waals surface area contributed by atoms with Crippen molar-refractivity contribution >= 4 is 0 Å². The van der Waals surface area contributed by atoms with Gasteiger partial charge in [-0.2, -0.15) is 0 Å². The molecule has 4 heteroatoms. The zero-order chi connectivity index (χ0) is 14.6. The molecule has 3 N–H and O–H groups in total. The van der Waals surface area contributed by atoms with Gasteiger partial charge in [0.05, 0.1) is 12.1 Å². The molecule has 0 amide bonds. The van der Waals surface area contributed by atoms with Gasteiger partial charge in [-0.3, -0.25) is 0 Å². The van der Waals surface area contributed by atoms with Gasteiger partial charge in [0.1, 0.15) is 11.6 Å². The zero-order valence-corrected chi connectivity index (χ0v) is 11.3. The maximum Gasteiger partial charge on any atom is 0.127 e. The summed E-state index contributed by atoms with van der Waals surface area (Å²) < 4.78 is 13.2. The van der Waals surface area contributed by atoms with Gasteiger partial charge in [-0.05, 0) is 30.2 Å². The van der Waals surface area contributed by atoms with E-state index < -0.39 is 11.4 Å².